The zero-order valence-electron chi connectivity index (χ0n) is 11.3. The Bertz CT molecular complexity index is 392. The van der Waals surface area contributed by atoms with Crippen LogP contribution in [0.3, 0.4) is 0 Å². The summed E-state index contributed by atoms with van der Waals surface area (Å²) in [6.45, 7) is 6.60. The Morgan fingerprint density at radius 2 is 2.28 bits per heavy atom. The van der Waals surface area contributed by atoms with Gasteiger partial charge in [-0.1, -0.05) is 13.8 Å². The van der Waals surface area contributed by atoms with Gasteiger partial charge in [0.25, 0.3) is 0 Å². The second-order valence-corrected chi connectivity index (χ2v) is 4.64. The Balaban J connectivity index is 2.99. The molecule has 1 aromatic rings. The fourth-order valence-corrected chi connectivity index (χ4v) is 1.82. The number of methoxy groups -OCH3 is 1. The van der Waals surface area contributed by atoms with E-state index in [0.29, 0.717) is 12.5 Å². The quantitative estimate of drug-likeness (QED) is 0.567. The van der Waals surface area contributed by atoms with Gasteiger partial charge in [-0.15, -0.1) is 0 Å². The summed E-state index contributed by atoms with van der Waals surface area (Å²) in [6.07, 6.45) is 3.42. The SMILES string of the molecule is COCCN(CC(C)C)c1cnccc1C(=N)N. The minimum absolute atomic E-state index is 0.0681. The smallest absolute Gasteiger partial charge is 0.125 e. The van der Waals surface area contributed by atoms with Gasteiger partial charge in [0.05, 0.1) is 18.5 Å². The molecule has 0 aliphatic rings. The molecule has 0 amide bonds. The minimum atomic E-state index is 0.0681. The maximum Gasteiger partial charge on any atom is 0.125 e. The van der Waals surface area contributed by atoms with Crippen molar-refractivity contribution in [3.8, 4) is 0 Å². The fraction of sp³-hybridized carbons (Fsp3) is 0.538. The molecule has 1 heterocycles. The maximum atomic E-state index is 7.62. The number of pyridine rings is 1. The summed E-state index contributed by atoms with van der Waals surface area (Å²) in [5.41, 5.74) is 7.23. The third kappa shape index (κ3) is 4.00. The van der Waals surface area contributed by atoms with Gasteiger partial charge in [-0.2, -0.15) is 0 Å². The number of nitrogens with two attached hydrogens (primary N) is 1. The second-order valence-electron chi connectivity index (χ2n) is 4.64. The standard InChI is InChI=1S/C13H22N4O/c1-10(2)9-17(6-7-18-3)12-8-16-5-4-11(12)13(14)15/h4-5,8,10H,6-7,9H2,1-3H3,(H3,14,15). The molecule has 100 valence electrons. The van der Waals surface area contributed by atoms with Crippen molar-refractivity contribution in [1.29, 1.82) is 5.41 Å². The van der Waals surface area contributed by atoms with Gasteiger partial charge in [0.1, 0.15) is 5.84 Å². The van der Waals surface area contributed by atoms with Crippen LogP contribution in [0, 0.1) is 11.3 Å². The van der Waals surface area contributed by atoms with E-state index in [1.54, 1.807) is 25.6 Å². The molecule has 1 aromatic heterocycles. The average Bonchev–Trinajstić information content (AvgIpc) is 2.34. The number of nitrogen functional groups attached to an aromatic ring is 1. The predicted molar refractivity (Wildman–Crippen MR) is 74.2 cm³/mol. The lowest BCUT2D eigenvalue weighted by Crippen LogP contribution is -2.33. The van der Waals surface area contributed by atoms with Gasteiger partial charge in [-0.25, -0.2) is 0 Å². The molecule has 0 unspecified atom stereocenters. The Kier molecular flexibility index (Phi) is 5.58. The molecule has 5 nitrogen and oxygen atoms in total. The number of hydrogen-bond donors (Lipinski definition) is 2. The Hall–Kier alpha value is -1.62. The van der Waals surface area contributed by atoms with Gasteiger partial charge < -0.3 is 15.4 Å². The minimum Gasteiger partial charge on any atom is -0.384 e. The zero-order chi connectivity index (χ0) is 13.5. The molecular formula is C13H22N4O. The van der Waals surface area contributed by atoms with Gasteiger partial charge in [0.15, 0.2) is 0 Å². The van der Waals surface area contributed by atoms with Crippen LogP contribution in [0.15, 0.2) is 18.5 Å². The normalized spacial score (nSPS) is 10.7. The molecule has 3 N–H and O–H groups in total. The molecule has 0 radical (unpaired) electrons. The van der Waals surface area contributed by atoms with Gasteiger partial charge in [0.2, 0.25) is 0 Å². The van der Waals surface area contributed by atoms with Gasteiger partial charge >= 0.3 is 0 Å². The summed E-state index contributed by atoms with van der Waals surface area (Å²) in [5.74, 6) is 0.584. The molecule has 0 bridgehead atoms. The lowest BCUT2D eigenvalue weighted by atomic mass is 10.1. The van der Waals surface area contributed by atoms with Crippen molar-refractivity contribution in [3.63, 3.8) is 0 Å². The van der Waals surface area contributed by atoms with E-state index in [0.717, 1.165) is 24.3 Å². The first-order valence-corrected chi connectivity index (χ1v) is 6.08. The van der Waals surface area contributed by atoms with Crippen molar-refractivity contribution in [2.45, 2.75) is 13.8 Å². The average molecular weight is 250 g/mol. The van der Waals surface area contributed by atoms with Crippen LogP contribution in [-0.2, 0) is 4.74 Å². The lowest BCUT2D eigenvalue weighted by molar-refractivity contribution is 0.204. The fourth-order valence-electron chi connectivity index (χ4n) is 1.82. The number of hydrogen-bond acceptors (Lipinski definition) is 4. The van der Waals surface area contributed by atoms with Crippen LogP contribution in [0.1, 0.15) is 19.4 Å². The highest BCUT2D eigenvalue weighted by Crippen LogP contribution is 2.19. The first-order chi connectivity index (χ1) is 8.56. The van der Waals surface area contributed by atoms with Crippen LogP contribution in [-0.4, -0.2) is 37.6 Å². The highest BCUT2D eigenvalue weighted by atomic mass is 16.5. The molecule has 0 atom stereocenters. The second kappa shape index (κ2) is 6.96. The van der Waals surface area contributed by atoms with Crippen LogP contribution in [0.4, 0.5) is 5.69 Å². The van der Waals surface area contributed by atoms with Crippen LogP contribution >= 0.6 is 0 Å². The Labute approximate surface area is 108 Å². The zero-order valence-corrected chi connectivity index (χ0v) is 11.3. The van der Waals surface area contributed by atoms with Crippen LogP contribution < -0.4 is 10.6 Å². The molecule has 0 saturated heterocycles. The topological polar surface area (TPSA) is 75.2 Å². The van der Waals surface area contributed by atoms with Crippen molar-refractivity contribution in [3.05, 3.63) is 24.0 Å². The summed E-state index contributed by atoms with van der Waals surface area (Å²) in [5, 5.41) is 7.62. The lowest BCUT2D eigenvalue weighted by Gasteiger charge is -2.27. The molecule has 0 spiro atoms. The molecule has 0 aliphatic carbocycles. The Morgan fingerprint density at radius 3 is 2.83 bits per heavy atom. The van der Waals surface area contributed by atoms with Gasteiger partial charge in [0, 0.05) is 32.0 Å². The Morgan fingerprint density at radius 1 is 1.56 bits per heavy atom. The van der Waals surface area contributed by atoms with E-state index in [1.165, 1.54) is 0 Å². The van der Waals surface area contributed by atoms with Crippen LogP contribution in [0.2, 0.25) is 0 Å². The van der Waals surface area contributed by atoms with Crippen LogP contribution in [0.25, 0.3) is 0 Å². The summed E-state index contributed by atoms with van der Waals surface area (Å²) in [6, 6.07) is 1.78. The summed E-state index contributed by atoms with van der Waals surface area (Å²) in [7, 11) is 1.68. The third-order valence-corrected chi connectivity index (χ3v) is 2.58. The van der Waals surface area contributed by atoms with E-state index in [2.05, 4.69) is 23.7 Å². The van der Waals surface area contributed by atoms with Crippen molar-refractivity contribution in [1.82, 2.24) is 4.98 Å². The number of nitrogens with zero attached hydrogens (tertiary/aromatic N) is 2. The number of nitrogens with one attached hydrogen (secondary N) is 1. The van der Waals surface area contributed by atoms with Crippen LogP contribution in [0.5, 0.6) is 0 Å². The molecule has 5 heteroatoms. The van der Waals surface area contributed by atoms with Gasteiger partial charge in [-0.05, 0) is 12.0 Å². The van der Waals surface area contributed by atoms with E-state index in [9.17, 15) is 0 Å². The van der Waals surface area contributed by atoms with Crippen molar-refractivity contribution in [2.75, 3.05) is 31.7 Å². The molecule has 0 saturated carbocycles. The number of aromatic nitrogens is 1. The van der Waals surface area contributed by atoms with E-state index in [1.807, 2.05) is 0 Å². The maximum absolute atomic E-state index is 7.62. The predicted octanol–water partition coefficient (Wildman–Crippen LogP) is 1.47. The molecule has 0 aromatic carbocycles. The highest BCUT2D eigenvalue weighted by Gasteiger charge is 2.14. The summed E-state index contributed by atoms with van der Waals surface area (Å²) in [4.78, 5) is 6.29. The number of amidine groups is 1. The largest absolute Gasteiger partial charge is 0.384 e. The first kappa shape index (κ1) is 14.4. The molecule has 18 heavy (non-hydrogen) atoms. The molecule has 1 rings (SSSR count). The molecule has 0 aliphatic heterocycles. The van der Waals surface area contributed by atoms with Gasteiger partial charge in [-0.3, -0.25) is 10.4 Å². The monoisotopic (exact) mass is 250 g/mol. The molecule has 0 fully saturated rings. The number of rotatable bonds is 7. The van der Waals surface area contributed by atoms with E-state index in [4.69, 9.17) is 15.9 Å². The first-order valence-electron chi connectivity index (χ1n) is 6.08. The van der Waals surface area contributed by atoms with E-state index in [-0.39, 0.29) is 5.84 Å². The number of anilines is 1. The van der Waals surface area contributed by atoms with Crippen molar-refractivity contribution >= 4 is 11.5 Å². The van der Waals surface area contributed by atoms with E-state index >= 15 is 0 Å². The number of ether oxygens (including phenoxy) is 1. The summed E-state index contributed by atoms with van der Waals surface area (Å²) < 4.78 is 5.13. The van der Waals surface area contributed by atoms with Crippen molar-refractivity contribution in [2.24, 2.45) is 11.7 Å². The third-order valence-electron chi connectivity index (χ3n) is 2.58. The van der Waals surface area contributed by atoms with E-state index < -0.39 is 0 Å². The highest BCUT2D eigenvalue weighted by molar-refractivity contribution is 6.00. The summed E-state index contributed by atoms with van der Waals surface area (Å²) >= 11 is 0. The molecular weight excluding hydrogens is 228 g/mol. The van der Waals surface area contributed by atoms with Crippen molar-refractivity contribution < 1.29 is 4.74 Å².